The van der Waals surface area contributed by atoms with Gasteiger partial charge in [0.05, 0.1) is 10.7 Å². The molecule has 0 saturated heterocycles. The van der Waals surface area contributed by atoms with Gasteiger partial charge < -0.3 is 5.32 Å². The highest BCUT2D eigenvalue weighted by Gasteiger charge is 2.31. The molecule has 1 saturated carbocycles. The van der Waals surface area contributed by atoms with Crippen LogP contribution in [0.5, 0.6) is 0 Å². The lowest BCUT2D eigenvalue weighted by Gasteiger charge is -2.18. The highest BCUT2D eigenvalue weighted by Crippen LogP contribution is 2.41. The normalized spacial score (nSPS) is 16.5. The van der Waals surface area contributed by atoms with Gasteiger partial charge in [0.15, 0.2) is 0 Å². The summed E-state index contributed by atoms with van der Waals surface area (Å²) >= 11 is 7.67. The molecule has 1 N–H and O–H groups in total. The van der Waals surface area contributed by atoms with E-state index in [1.165, 1.54) is 18.4 Å². The Morgan fingerprint density at radius 1 is 1.37 bits per heavy atom. The lowest BCUT2D eigenvalue weighted by Crippen LogP contribution is -2.22. The molecule has 4 heteroatoms. The first-order valence-electron chi connectivity index (χ1n) is 6.62. The van der Waals surface area contributed by atoms with E-state index in [2.05, 4.69) is 27.8 Å². The molecule has 3 rings (SSSR count). The molecule has 1 fully saturated rings. The number of aromatic nitrogens is 1. The Kier molecular flexibility index (Phi) is 3.87. The van der Waals surface area contributed by atoms with Gasteiger partial charge in [-0.2, -0.15) is 0 Å². The summed E-state index contributed by atoms with van der Waals surface area (Å²) in [5.74, 6) is 0.765. The zero-order valence-corrected chi connectivity index (χ0v) is 12.5. The number of nitrogens with one attached hydrogen (secondary N) is 1. The summed E-state index contributed by atoms with van der Waals surface area (Å²) in [4.78, 5) is 4.51. The van der Waals surface area contributed by atoms with E-state index in [-0.39, 0.29) is 0 Å². The van der Waals surface area contributed by atoms with E-state index >= 15 is 0 Å². The molecule has 1 aromatic carbocycles. The molecule has 0 spiro atoms. The van der Waals surface area contributed by atoms with Crippen molar-refractivity contribution in [1.29, 1.82) is 0 Å². The molecular formula is C15H17ClN2S. The Hall–Kier alpha value is -0.900. The van der Waals surface area contributed by atoms with Gasteiger partial charge in [-0.05, 0) is 43.4 Å². The van der Waals surface area contributed by atoms with E-state index in [1.807, 2.05) is 19.1 Å². The summed E-state index contributed by atoms with van der Waals surface area (Å²) in [6.45, 7) is 2.89. The number of benzene rings is 1. The Labute approximate surface area is 122 Å². The van der Waals surface area contributed by atoms with E-state index in [9.17, 15) is 0 Å². The number of hydrogen-bond donors (Lipinski definition) is 1. The summed E-state index contributed by atoms with van der Waals surface area (Å²) in [5.41, 5.74) is 2.47. The van der Waals surface area contributed by atoms with Gasteiger partial charge >= 0.3 is 0 Å². The Morgan fingerprint density at radius 2 is 2.11 bits per heavy atom. The standard InChI is InChI=1S/C15H17ClN2S/c1-10-18-14(9-19-10)8-17-15(11-2-3-11)12-4-6-13(16)7-5-12/h4-7,9,11,15,17H,2-3,8H2,1H3. The predicted octanol–water partition coefficient (Wildman–Crippen LogP) is 4.35. The van der Waals surface area contributed by atoms with Crippen LogP contribution < -0.4 is 5.32 Å². The van der Waals surface area contributed by atoms with Crippen LogP contribution in [0.4, 0.5) is 0 Å². The minimum absolute atomic E-state index is 0.430. The fraction of sp³-hybridized carbons (Fsp3) is 0.400. The molecule has 1 unspecified atom stereocenters. The molecule has 2 nitrogen and oxygen atoms in total. The zero-order chi connectivity index (χ0) is 13.2. The largest absolute Gasteiger partial charge is 0.304 e. The number of halogens is 1. The third-order valence-corrected chi connectivity index (χ3v) is 4.57. The number of thiazole rings is 1. The van der Waals surface area contributed by atoms with Gasteiger partial charge in [0, 0.05) is 23.0 Å². The van der Waals surface area contributed by atoms with Crippen molar-refractivity contribution in [2.45, 2.75) is 32.4 Å². The number of rotatable bonds is 5. The van der Waals surface area contributed by atoms with Crippen molar-refractivity contribution in [1.82, 2.24) is 10.3 Å². The lowest BCUT2D eigenvalue weighted by molar-refractivity contribution is 0.477. The van der Waals surface area contributed by atoms with Crippen LogP contribution in [-0.4, -0.2) is 4.98 Å². The summed E-state index contributed by atoms with van der Waals surface area (Å²) in [5, 5.41) is 7.71. The van der Waals surface area contributed by atoms with E-state index in [4.69, 9.17) is 11.6 Å². The van der Waals surface area contributed by atoms with Crippen LogP contribution in [0.1, 0.15) is 35.1 Å². The van der Waals surface area contributed by atoms with Crippen LogP contribution in [0.2, 0.25) is 5.02 Å². The van der Waals surface area contributed by atoms with Gasteiger partial charge in [0.2, 0.25) is 0 Å². The maximum Gasteiger partial charge on any atom is 0.0897 e. The predicted molar refractivity (Wildman–Crippen MR) is 80.6 cm³/mol. The van der Waals surface area contributed by atoms with Crippen LogP contribution in [-0.2, 0) is 6.54 Å². The molecule has 2 aromatic rings. The average Bonchev–Trinajstić information content (AvgIpc) is 3.15. The van der Waals surface area contributed by atoms with Crippen molar-refractivity contribution in [2.75, 3.05) is 0 Å². The van der Waals surface area contributed by atoms with E-state index in [1.54, 1.807) is 11.3 Å². The summed E-state index contributed by atoms with van der Waals surface area (Å²) in [6.07, 6.45) is 2.63. The topological polar surface area (TPSA) is 24.9 Å². The molecule has 1 aromatic heterocycles. The van der Waals surface area contributed by atoms with Gasteiger partial charge in [-0.1, -0.05) is 23.7 Å². The quantitative estimate of drug-likeness (QED) is 0.886. The summed E-state index contributed by atoms with van der Waals surface area (Å²) in [7, 11) is 0. The number of aryl methyl sites for hydroxylation is 1. The molecule has 1 atom stereocenters. The van der Waals surface area contributed by atoms with E-state index in [0.717, 1.165) is 28.2 Å². The lowest BCUT2D eigenvalue weighted by atomic mass is 10.0. The summed E-state index contributed by atoms with van der Waals surface area (Å²) in [6, 6.07) is 8.64. The molecule has 0 amide bonds. The van der Waals surface area contributed by atoms with Gasteiger partial charge in [-0.15, -0.1) is 11.3 Å². The Bertz CT molecular complexity index is 546. The fourth-order valence-electron chi connectivity index (χ4n) is 2.36. The van der Waals surface area contributed by atoms with Crippen LogP contribution in [0, 0.1) is 12.8 Å². The van der Waals surface area contributed by atoms with Crippen molar-refractivity contribution in [3.05, 3.63) is 50.9 Å². The number of hydrogen-bond acceptors (Lipinski definition) is 3. The highest BCUT2D eigenvalue weighted by molar-refractivity contribution is 7.09. The second-order valence-electron chi connectivity index (χ2n) is 5.11. The molecule has 1 aliphatic rings. The fourth-order valence-corrected chi connectivity index (χ4v) is 3.10. The van der Waals surface area contributed by atoms with Crippen molar-refractivity contribution in [3.63, 3.8) is 0 Å². The van der Waals surface area contributed by atoms with Crippen molar-refractivity contribution < 1.29 is 0 Å². The summed E-state index contributed by atoms with van der Waals surface area (Å²) < 4.78 is 0. The third kappa shape index (κ3) is 3.35. The van der Waals surface area contributed by atoms with E-state index in [0.29, 0.717) is 6.04 Å². The maximum atomic E-state index is 5.96. The highest BCUT2D eigenvalue weighted by atomic mass is 35.5. The Morgan fingerprint density at radius 3 is 2.68 bits per heavy atom. The SMILES string of the molecule is Cc1nc(CNC(c2ccc(Cl)cc2)C2CC2)cs1. The average molecular weight is 293 g/mol. The third-order valence-electron chi connectivity index (χ3n) is 3.49. The minimum atomic E-state index is 0.430. The number of nitrogens with zero attached hydrogens (tertiary/aromatic N) is 1. The van der Waals surface area contributed by atoms with Crippen LogP contribution in [0.15, 0.2) is 29.6 Å². The minimum Gasteiger partial charge on any atom is -0.304 e. The maximum absolute atomic E-state index is 5.96. The van der Waals surface area contributed by atoms with E-state index < -0.39 is 0 Å². The van der Waals surface area contributed by atoms with Crippen LogP contribution in [0.3, 0.4) is 0 Å². The molecule has 1 heterocycles. The molecule has 100 valence electrons. The van der Waals surface area contributed by atoms with Crippen molar-refractivity contribution >= 4 is 22.9 Å². The van der Waals surface area contributed by atoms with Crippen LogP contribution >= 0.6 is 22.9 Å². The Balaban J connectivity index is 1.69. The van der Waals surface area contributed by atoms with Gasteiger partial charge in [0.1, 0.15) is 0 Å². The molecule has 0 radical (unpaired) electrons. The zero-order valence-electron chi connectivity index (χ0n) is 10.9. The molecule has 0 aliphatic heterocycles. The molecule has 0 bridgehead atoms. The molecule has 1 aliphatic carbocycles. The molecular weight excluding hydrogens is 276 g/mol. The molecule has 19 heavy (non-hydrogen) atoms. The van der Waals surface area contributed by atoms with Gasteiger partial charge in [-0.25, -0.2) is 4.98 Å². The van der Waals surface area contributed by atoms with Crippen molar-refractivity contribution in [2.24, 2.45) is 5.92 Å². The second kappa shape index (κ2) is 5.61. The smallest absolute Gasteiger partial charge is 0.0897 e. The monoisotopic (exact) mass is 292 g/mol. The first-order chi connectivity index (χ1) is 9.22. The van der Waals surface area contributed by atoms with Crippen molar-refractivity contribution in [3.8, 4) is 0 Å². The first-order valence-corrected chi connectivity index (χ1v) is 7.88. The van der Waals surface area contributed by atoms with Crippen LogP contribution in [0.25, 0.3) is 0 Å². The van der Waals surface area contributed by atoms with Gasteiger partial charge in [0.25, 0.3) is 0 Å². The second-order valence-corrected chi connectivity index (χ2v) is 6.60. The van der Waals surface area contributed by atoms with Gasteiger partial charge in [-0.3, -0.25) is 0 Å². The first kappa shape index (κ1) is 13.1.